The Kier molecular flexibility index (Phi) is 4.88. The van der Waals surface area contributed by atoms with Crippen molar-refractivity contribution in [3.05, 3.63) is 41.3 Å². The fraction of sp³-hybridized carbons (Fsp3) is 0.421. The molecule has 3 rings (SSSR count). The van der Waals surface area contributed by atoms with Crippen molar-refractivity contribution in [1.82, 2.24) is 20.0 Å². The van der Waals surface area contributed by atoms with Crippen LogP contribution < -0.4 is 5.32 Å². The molecule has 2 aromatic heterocycles. The zero-order chi connectivity index (χ0) is 18.0. The lowest BCUT2D eigenvalue weighted by molar-refractivity contribution is -0.116. The summed E-state index contributed by atoms with van der Waals surface area (Å²) in [5.74, 6) is 0.543. The molecule has 0 bridgehead atoms. The second kappa shape index (κ2) is 7.09. The first-order valence-electron chi connectivity index (χ1n) is 8.70. The third-order valence-corrected chi connectivity index (χ3v) is 4.42. The van der Waals surface area contributed by atoms with E-state index in [1.807, 2.05) is 25.1 Å². The summed E-state index contributed by atoms with van der Waals surface area (Å²) >= 11 is 0. The monoisotopic (exact) mass is 339 g/mol. The highest BCUT2D eigenvalue weighted by Gasteiger charge is 2.14. The normalized spacial score (nSPS) is 11.4. The fourth-order valence-electron chi connectivity index (χ4n) is 3.14. The average molecular weight is 339 g/mol. The molecule has 0 aliphatic carbocycles. The van der Waals surface area contributed by atoms with E-state index >= 15 is 0 Å². The highest BCUT2D eigenvalue weighted by Crippen LogP contribution is 2.21. The van der Waals surface area contributed by atoms with E-state index in [2.05, 4.69) is 46.1 Å². The van der Waals surface area contributed by atoms with E-state index in [9.17, 15) is 4.79 Å². The molecular weight excluding hydrogens is 314 g/mol. The summed E-state index contributed by atoms with van der Waals surface area (Å²) in [4.78, 5) is 12.4. The maximum Gasteiger partial charge on any atom is 0.224 e. The summed E-state index contributed by atoms with van der Waals surface area (Å²) in [5, 5.41) is 15.5. The number of carbonyl (C=O) groups is 1. The van der Waals surface area contributed by atoms with Crippen molar-refractivity contribution in [3.8, 4) is 0 Å². The first-order valence-corrected chi connectivity index (χ1v) is 8.70. The van der Waals surface area contributed by atoms with E-state index in [0.29, 0.717) is 18.8 Å². The molecule has 0 spiro atoms. The summed E-state index contributed by atoms with van der Waals surface area (Å²) in [5.41, 5.74) is 4.98. The Bertz CT molecular complexity index is 890. The van der Waals surface area contributed by atoms with Crippen LogP contribution in [0.5, 0.6) is 0 Å². The van der Waals surface area contributed by atoms with E-state index < -0.39 is 0 Å². The minimum Gasteiger partial charge on any atom is -0.324 e. The Labute approximate surface area is 147 Å². The van der Waals surface area contributed by atoms with Crippen LogP contribution in [0.4, 0.5) is 5.69 Å². The summed E-state index contributed by atoms with van der Waals surface area (Å²) in [6.45, 7) is 9.36. The van der Waals surface area contributed by atoms with Crippen molar-refractivity contribution in [3.63, 3.8) is 0 Å². The van der Waals surface area contributed by atoms with Gasteiger partial charge in [0.1, 0.15) is 0 Å². The fourth-order valence-corrected chi connectivity index (χ4v) is 3.14. The van der Waals surface area contributed by atoms with Crippen molar-refractivity contribution in [1.29, 1.82) is 0 Å². The van der Waals surface area contributed by atoms with E-state index in [-0.39, 0.29) is 5.91 Å². The molecule has 0 atom stereocenters. The van der Waals surface area contributed by atoms with Crippen LogP contribution in [0, 0.1) is 19.8 Å². The number of H-pyrrole nitrogens is 1. The molecule has 6 heteroatoms. The Morgan fingerprint density at radius 1 is 1.32 bits per heavy atom. The van der Waals surface area contributed by atoms with E-state index in [1.54, 1.807) is 6.20 Å². The standard InChI is InChI=1S/C19H25N5O/c1-12(2)11-24-14(4)16(13(3)23-24)8-9-18(25)21-17-7-5-6-15-10-20-22-19(15)17/h5-7,10,12H,8-9,11H2,1-4H3,(H,20,22)(H,21,25). The van der Waals surface area contributed by atoms with Crippen molar-refractivity contribution in [2.45, 2.75) is 47.1 Å². The zero-order valence-electron chi connectivity index (χ0n) is 15.3. The first-order chi connectivity index (χ1) is 12.0. The van der Waals surface area contributed by atoms with Crippen molar-refractivity contribution >= 4 is 22.5 Å². The molecule has 3 aromatic rings. The Morgan fingerprint density at radius 2 is 2.12 bits per heavy atom. The third kappa shape index (κ3) is 3.73. The van der Waals surface area contributed by atoms with Crippen LogP contribution in [-0.2, 0) is 17.8 Å². The molecule has 25 heavy (non-hydrogen) atoms. The van der Waals surface area contributed by atoms with Gasteiger partial charge < -0.3 is 5.32 Å². The van der Waals surface area contributed by atoms with Gasteiger partial charge in [-0.25, -0.2) is 0 Å². The van der Waals surface area contributed by atoms with Gasteiger partial charge in [0.15, 0.2) is 0 Å². The van der Waals surface area contributed by atoms with Gasteiger partial charge >= 0.3 is 0 Å². The molecule has 2 heterocycles. The minimum absolute atomic E-state index is 0.00231. The summed E-state index contributed by atoms with van der Waals surface area (Å²) < 4.78 is 2.05. The molecule has 0 fully saturated rings. The van der Waals surface area contributed by atoms with Crippen LogP contribution in [0.3, 0.4) is 0 Å². The van der Waals surface area contributed by atoms with Crippen molar-refractivity contribution in [2.75, 3.05) is 5.32 Å². The van der Waals surface area contributed by atoms with Gasteiger partial charge in [-0.2, -0.15) is 10.2 Å². The van der Waals surface area contributed by atoms with E-state index in [4.69, 9.17) is 0 Å². The molecule has 132 valence electrons. The topological polar surface area (TPSA) is 75.6 Å². The summed E-state index contributed by atoms with van der Waals surface area (Å²) in [7, 11) is 0. The SMILES string of the molecule is Cc1nn(CC(C)C)c(C)c1CCC(=O)Nc1cccc2cn[nH]c12. The quantitative estimate of drug-likeness (QED) is 0.720. The summed E-state index contributed by atoms with van der Waals surface area (Å²) in [6, 6.07) is 5.76. The lowest BCUT2D eigenvalue weighted by Crippen LogP contribution is -2.13. The van der Waals surface area contributed by atoms with Crippen molar-refractivity contribution < 1.29 is 4.79 Å². The number of benzene rings is 1. The molecule has 0 saturated heterocycles. The van der Waals surface area contributed by atoms with Crippen LogP contribution in [0.2, 0.25) is 0 Å². The Hall–Kier alpha value is -2.63. The van der Waals surface area contributed by atoms with Gasteiger partial charge in [0.05, 0.1) is 23.1 Å². The highest BCUT2D eigenvalue weighted by atomic mass is 16.1. The number of hydrogen-bond donors (Lipinski definition) is 2. The molecule has 0 unspecified atom stereocenters. The number of nitrogens with one attached hydrogen (secondary N) is 2. The highest BCUT2D eigenvalue weighted by molar-refractivity contribution is 6.00. The molecule has 0 radical (unpaired) electrons. The second-order valence-electron chi connectivity index (χ2n) is 6.91. The van der Waals surface area contributed by atoms with Gasteiger partial charge in [0.2, 0.25) is 5.91 Å². The lowest BCUT2D eigenvalue weighted by Gasteiger charge is -2.08. The molecule has 0 aliphatic rings. The predicted molar refractivity (Wildman–Crippen MR) is 99.6 cm³/mol. The number of rotatable bonds is 6. The molecular formula is C19H25N5O. The average Bonchev–Trinajstić information content (AvgIpc) is 3.12. The van der Waals surface area contributed by atoms with Crippen LogP contribution in [0.1, 0.15) is 37.2 Å². The minimum atomic E-state index is -0.00231. The first kappa shape index (κ1) is 17.2. The zero-order valence-corrected chi connectivity index (χ0v) is 15.3. The van der Waals surface area contributed by atoms with E-state index in [1.165, 1.54) is 5.56 Å². The van der Waals surface area contributed by atoms with Crippen LogP contribution in [0.25, 0.3) is 10.9 Å². The van der Waals surface area contributed by atoms with Gasteiger partial charge in [-0.05, 0) is 37.8 Å². The van der Waals surface area contributed by atoms with Gasteiger partial charge in [-0.1, -0.05) is 26.0 Å². The molecule has 6 nitrogen and oxygen atoms in total. The number of para-hydroxylation sites is 1. The molecule has 2 N–H and O–H groups in total. The number of aromatic amines is 1. The van der Waals surface area contributed by atoms with E-state index in [0.717, 1.165) is 34.5 Å². The smallest absolute Gasteiger partial charge is 0.224 e. The maximum atomic E-state index is 12.4. The number of aromatic nitrogens is 4. The predicted octanol–water partition coefficient (Wildman–Crippen LogP) is 3.60. The number of amides is 1. The number of anilines is 1. The third-order valence-electron chi connectivity index (χ3n) is 4.42. The van der Waals surface area contributed by atoms with Crippen molar-refractivity contribution in [2.24, 2.45) is 5.92 Å². The summed E-state index contributed by atoms with van der Waals surface area (Å²) in [6.07, 6.45) is 2.88. The number of carbonyl (C=O) groups excluding carboxylic acids is 1. The van der Waals surface area contributed by atoms with Gasteiger partial charge in [0.25, 0.3) is 0 Å². The number of nitrogens with zero attached hydrogens (tertiary/aromatic N) is 3. The van der Waals surface area contributed by atoms with Crippen LogP contribution >= 0.6 is 0 Å². The van der Waals surface area contributed by atoms with Gasteiger partial charge in [-0.3, -0.25) is 14.6 Å². The lowest BCUT2D eigenvalue weighted by atomic mass is 10.1. The molecule has 0 aliphatic heterocycles. The van der Waals surface area contributed by atoms with Crippen LogP contribution in [0.15, 0.2) is 24.4 Å². The molecule has 0 saturated carbocycles. The second-order valence-corrected chi connectivity index (χ2v) is 6.91. The largest absolute Gasteiger partial charge is 0.324 e. The number of aryl methyl sites for hydroxylation is 1. The molecule has 1 amide bonds. The van der Waals surface area contributed by atoms with Crippen LogP contribution in [-0.4, -0.2) is 25.9 Å². The van der Waals surface area contributed by atoms with Gasteiger partial charge in [-0.15, -0.1) is 0 Å². The number of fused-ring (bicyclic) bond motifs is 1. The maximum absolute atomic E-state index is 12.4. The molecule has 1 aromatic carbocycles. The Balaban J connectivity index is 1.67. The Morgan fingerprint density at radius 3 is 2.88 bits per heavy atom. The number of hydrogen-bond acceptors (Lipinski definition) is 3. The van der Waals surface area contributed by atoms with Gasteiger partial charge in [0, 0.05) is 24.0 Å².